The predicted octanol–water partition coefficient (Wildman–Crippen LogP) is 4.96. The molecule has 26 heavy (non-hydrogen) atoms. The normalized spacial score (nSPS) is 17.8. The van der Waals surface area contributed by atoms with Gasteiger partial charge in [-0.1, -0.05) is 30.6 Å². The molecule has 0 saturated carbocycles. The first-order valence-corrected chi connectivity index (χ1v) is 10.5. The Balaban J connectivity index is 1.37. The fraction of sp³-hybridized carbons (Fsp3) is 0.550. The molecule has 1 saturated heterocycles. The molecule has 2 aromatic heterocycles. The van der Waals surface area contributed by atoms with Gasteiger partial charge in [0.1, 0.15) is 0 Å². The van der Waals surface area contributed by atoms with E-state index in [4.69, 9.17) is 9.51 Å². The maximum Gasteiger partial charge on any atom is 0.243 e. The Bertz CT molecular complexity index is 817. The molecule has 5 nitrogen and oxygen atoms in total. The molecular formula is C20H26N4OS. The summed E-state index contributed by atoms with van der Waals surface area (Å²) in [4.78, 5) is 11.9. The second-order valence-electron chi connectivity index (χ2n) is 7.16. The zero-order valence-electron chi connectivity index (χ0n) is 15.5. The smallest absolute Gasteiger partial charge is 0.243 e. The summed E-state index contributed by atoms with van der Waals surface area (Å²) in [5.74, 6) is 2.17. The third-order valence-corrected chi connectivity index (χ3v) is 6.53. The van der Waals surface area contributed by atoms with Crippen molar-refractivity contribution in [3.8, 4) is 0 Å². The Morgan fingerprint density at radius 1 is 1.23 bits per heavy atom. The minimum absolute atomic E-state index is 0.189. The number of aryl methyl sites for hydroxylation is 1. The summed E-state index contributed by atoms with van der Waals surface area (Å²) in [6.07, 6.45) is 5.45. The first-order valence-electron chi connectivity index (χ1n) is 9.66. The lowest BCUT2D eigenvalue weighted by Crippen LogP contribution is -2.35. The molecule has 138 valence electrons. The van der Waals surface area contributed by atoms with Crippen molar-refractivity contribution in [3.05, 3.63) is 41.0 Å². The molecule has 6 heteroatoms. The number of thiazole rings is 1. The fourth-order valence-corrected chi connectivity index (χ4v) is 4.76. The van der Waals surface area contributed by atoms with Crippen molar-refractivity contribution in [2.45, 2.75) is 57.9 Å². The Morgan fingerprint density at radius 2 is 2.04 bits per heavy atom. The second kappa shape index (κ2) is 7.84. The highest BCUT2D eigenvalue weighted by Gasteiger charge is 2.28. The summed E-state index contributed by atoms with van der Waals surface area (Å²) in [7, 11) is 0. The van der Waals surface area contributed by atoms with Crippen LogP contribution in [0, 0.1) is 0 Å². The Labute approximate surface area is 158 Å². The zero-order chi connectivity index (χ0) is 17.9. The molecule has 0 bridgehead atoms. The van der Waals surface area contributed by atoms with Crippen LogP contribution in [0.3, 0.4) is 0 Å². The van der Waals surface area contributed by atoms with Crippen molar-refractivity contribution in [3.63, 3.8) is 0 Å². The van der Waals surface area contributed by atoms with Gasteiger partial charge in [-0.25, -0.2) is 4.98 Å². The van der Waals surface area contributed by atoms with Gasteiger partial charge in [0.05, 0.1) is 21.3 Å². The highest BCUT2D eigenvalue weighted by atomic mass is 32.1. The van der Waals surface area contributed by atoms with Crippen LogP contribution in [0.25, 0.3) is 10.2 Å². The molecular weight excluding hydrogens is 344 g/mol. The zero-order valence-corrected chi connectivity index (χ0v) is 16.3. The number of hydrogen-bond acceptors (Lipinski definition) is 6. The molecule has 1 fully saturated rings. The second-order valence-corrected chi connectivity index (χ2v) is 8.22. The summed E-state index contributed by atoms with van der Waals surface area (Å²) < 4.78 is 6.81. The van der Waals surface area contributed by atoms with Gasteiger partial charge >= 0.3 is 0 Å². The van der Waals surface area contributed by atoms with E-state index in [0.717, 1.165) is 62.4 Å². The third kappa shape index (κ3) is 3.67. The summed E-state index contributed by atoms with van der Waals surface area (Å²) in [6.45, 7) is 6.46. The van der Waals surface area contributed by atoms with Gasteiger partial charge in [-0.2, -0.15) is 4.98 Å². The molecule has 1 aromatic carbocycles. The number of piperidine rings is 1. The quantitative estimate of drug-likeness (QED) is 0.614. The molecule has 0 amide bonds. The van der Waals surface area contributed by atoms with Crippen molar-refractivity contribution in [1.29, 1.82) is 0 Å². The third-order valence-electron chi connectivity index (χ3n) is 5.33. The molecule has 0 aliphatic carbocycles. The van der Waals surface area contributed by atoms with Gasteiger partial charge in [0.2, 0.25) is 5.89 Å². The Morgan fingerprint density at radius 3 is 2.81 bits per heavy atom. The van der Waals surface area contributed by atoms with Crippen LogP contribution in [0.4, 0.5) is 0 Å². The number of nitrogens with zero attached hydrogens (tertiary/aromatic N) is 4. The van der Waals surface area contributed by atoms with Crippen LogP contribution in [0.2, 0.25) is 0 Å². The van der Waals surface area contributed by atoms with Gasteiger partial charge in [0.15, 0.2) is 5.82 Å². The van der Waals surface area contributed by atoms with E-state index in [1.165, 1.54) is 9.71 Å². The summed E-state index contributed by atoms with van der Waals surface area (Å²) in [5, 5.41) is 5.43. The van der Waals surface area contributed by atoms with E-state index < -0.39 is 0 Å². The number of likely N-dealkylation sites (tertiary alicyclic amines) is 1. The largest absolute Gasteiger partial charge is 0.338 e. The number of rotatable bonds is 6. The number of para-hydroxylation sites is 1. The van der Waals surface area contributed by atoms with Gasteiger partial charge in [-0.15, -0.1) is 11.3 Å². The molecule has 0 radical (unpaired) electrons. The van der Waals surface area contributed by atoms with Crippen molar-refractivity contribution >= 4 is 21.6 Å². The molecule has 0 spiro atoms. The van der Waals surface area contributed by atoms with E-state index in [1.807, 2.05) is 11.3 Å². The lowest BCUT2D eigenvalue weighted by molar-refractivity contribution is 0.136. The van der Waals surface area contributed by atoms with Crippen molar-refractivity contribution in [2.24, 2.45) is 0 Å². The highest BCUT2D eigenvalue weighted by molar-refractivity contribution is 7.18. The maximum atomic E-state index is 5.52. The average molecular weight is 371 g/mol. The summed E-state index contributed by atoms with van der Waals surface area (Å²) >= 11 is 1.85. The first-order chi connectivity index (χ1) is 12.7. The molecule has 3 aromatic rings. The van der Waals surface area contributed by atoms with E-state index in [2.05, 4.69) is 53.2 Å². The van der Waals surface area contributed by atoms with Crippen LogP contribution in [0.15, 0.2) is 28.8 Å². The minimum Gasteiger partial charge on any atom is -0.338 e. The lowest BCUT2D eigenvalue weighted by Gasteiger charge is -2.33. The van der Waals surface area contributed by atoms with Gasteiger partial charge in [-0.05, 0) is 51.4 Å². The molecule has 4 rings (SSSR count). The van der Waals surface area contributed by atoms with Crippen molar-refractivity contribution in [2.75, 3.05) is 13.1 Å². The summed E-state index contributed by atoms with van der Waals surface area (Å²) in [5.41, 5.74) is 1.13. The fourth-order valence-electron chi connectivity index (χ4n) is 3.63. The number of hydrogen-bond donors (Lipinski definition) is 0. The van der Waals surface area contributed by atoms with E-state index in [9.17, 15) is 0 Å². The van der Waals surface area contributed by atoms with E-state index in [0.29, 0.717) is 5.92 Å². The van der Waals surface area contributed by atoms with Crippen LogP contribution < -0.4 is 0 Å². The Hall–Kier alpha value is -1.79. The molecule has 1 aliphatic heterocycles. The van der Waals surface area contributed by atoms with Gasteiger partial charge in [0.25, 0.3) is 0 Å². The van der Waals surface area contributed by atoms with Crippen LogP contribution >= 0.6 is 11.3 Å². The van der Waals surface area contributed by atoms with Crippen LogP contribution in [-0.2, 0) is 6.42 Å². The highest BCUT2D eigenvalue weighted by Crippen LogP contribution is 2.35. The van der Waals surface area contributed by atoms with Crippen molar-refractivity contribution < 1.29 is 4.52 Å². The van der Waals surface area contributed by atoms with Gasteiger partial charge in [0, 0.05) is 12.3 Å². The number of aromatic nitrogens is 3. The minimum atomic E-state index is 0.189. The topological polar surface area (TPSA) is 55.1 Å². The Kier molecular flexibility index (Phi) is 5.31. The number of fused-ring (bicyclic) bond motifs is 1. The van der Waals surface area contributed by atoms with Crippen LogP contribution in [0.1, 0.15) is 68.2 Å². The standard InChI is InChI=1S/C20H26N4OS/c1-3-4-9-18-22-19(25-23-18)14(2)24-12-10-15(11-13-24)20-21-16-7-5-6-8-17(16)26-20/h5-8,14-15H,3-4,9-13H2,1-2H3/t14-/m1/s1. The van der Waals surface area contributed by atoms with Gasteiger partial charge in [-0.3, -0.25) is 4.90 Å². The van der Waals surface area contributed by atoms with Crippen molar-refractivity contribution in [1.82, 2.24) is 20.0 Å². The maximum absolute atomic E-state index is 5.52. The average Bonchev–Trinajstić information content (AvgIpc) is 3.33. The monoisotopic (exact) mass is 370 g/mol. The van der Waals surface area contributed by atoms with Crippen LogP contribution in [-0.4, -0.2) is 33.1 Å². The van der Waals surface area contributed by atoms with Gasteiger partial charge < -0.3 is 4.52 Å². The predicted molar refractivity (Wildman–Crippen MR) is 104 cm³/mol. The van der Waals surface area contributed by atoms with E-state index in [-0.39, 0.29) is 6.04 Å². The molecule has 0 unspecified atom stereocenters. The summed E-state index contributed by atoms with van der Waals surface area (Å²) in [6, 6.07) is 8.62. The first kappa shape index (κ1) is 17.6. The number of unbranched alkanes of at least 4 members (excludes halogenated alkanes) is 1. The SMILES string of the molecule is CCCCc1noc([C@@H](C)N2CCC(c3nc4ccccc4s3)CC2)n1. The van der Waals surface area contributed by atoms with E-state index >= 15 is 0 Å². The van der Waals surface area contributed by atoms with E-state index in [1.54, 1.807) is 0 Å². The molecule has 1 aliphatic rings. The molecule has 0 N–H and O–H groups in total. The molecule has 1 atom stereocenters. The number of benzene rings is 1. The van der Waals surface area contributed by atoms with Crippen LogP contribution in [0.5, 0.6) is 0 Å². The molecule has 3 heterocycles. The lowest BCUT2D eigenvalue weighted by atomic mass is 9.96.